The highest BCUT2D eigenvalue weighted by Gasteiger charge is 2.42. The number of amides is 3. The Morgan fingerprint density at radius 2 is 1.90 bits per heavy atom. The van der Waals surface area contributed by atoms with Crippen molar-refractivity contribution in [1.29, 1.82) is 5.41 Å². The lowest BCUT2D eigenvalue weighted by atomic mass is 9.85. The number of carboxylic acid groups (broad SMARTS) is 1. The monoisotopic (exact) mass is 444 g/mol. The van der Waals surface area contributed by atoms with Gasteiger partial charge in [0, 0.05) is 13.1 Å². The minimum atomic E-state index is -1.35. The molecule has 1 saturated heterocycles. The molecule has 0 bridgehead atoms. The van der Waals surface area contributed by atoms with Crippen LogP contribution in [0.1, 0.15) is 46.5 Å². The minimum Gasteiger partial charge on any atom is -0.465 e. The van der Waals surface area contributed by atoms with Crippen molar-refractivity contribution in [2.75, 3.05) is 19.8 Å². The second-order valence-corrected chi connectivity index (χ2v) is 8.58. The zero-order valence-corrected chi connectivity index (χ0v) is 18.2. The van der Waals surface area contributed by atoms with Gasteiger partial charge in [-0.25, -0.2) is 9.18 Å². The van der Waals surface area contributed by atoms with Gasteiger partial charge in [0.1, 0.15) is 18.8 Å². The molecule has 176 valence electrons. The van der Waals surface area contributed by atoms with E-state index in [4.69, 9.17) is 16.2 Å². The van der Waals surface area contributed by atoms with Crippen LogP contribution < -0.4 is 21.7 Å². The van der Waals surface area contributed by atoms with Crippen molar-refractivity contribution in [3.63, 3.8) is 0 Å². The zero-order valence-electron chi connectivity index (χ0n) is 18.2. The summed E-state index contributed by atoms with van der Waals surface area (Å²) in [6.07, 6.45) is 0.0436. The third kappa shape index (κ3) is 8.02. The third-order valence-electron chi connectivity index (χ3n) is 5.04. The molecule has 0 aliphatic carbocycles. The van der Waals surface area contributed by atoms with Crippen LogP contribution in [0.3, 0.4) is 0 Å². The van der Waals surface area contributed by atoms with E-state index in [9.17, 15) is 23.6 Å². The van der Waals surface area contributed by atoms with Gasteiger partial charge in [0.25, 0.3) is 0 Å². The molecular weight excluding hydrogens is 411 g/mol. The van der Waals surface area contributed by atoms with Crippen LogP contribution in [0.5, 0.6) is 0 Å². The SMILES string of the molecule is CC(C)(C)[C@H](NC(=O)O)C(=O)N1CCC[C@H]1C(=O)N[C@@H](CCCNC(=N)N)C(=O)CF. The quantitative estimate of drug-likeness (QED) is 0.155. The highest BCUT2D eigenvalue weighted by atomic mass is 19.1. The first-order chi connectivity index (χ1) is 14.4. The summed E-state index contributed by atoms with van der Waals surface area (Å²) in [5.41, 5.74) is 4.46. The number of likely N-dealkylation sites (tertiary alicyclic amines) is 1. The van der Waals surface area contributed by atoms with Crippen LogP contribution >= 0.6 is 0 Å². The summed E-state index contributed by atoms with van der Waals surface area (Å²) in [7, 11) is 0. The Kier molecular flexibility index (Phi) is 9.66. The van der Waals surface area contributed by atoms with Crippen molar-refractivity contribution < 1.29 is 28.7 Å². The van der Waals surface area contributed by atoms with Crippen LogP contribution in [-0.2, 0) is 14.4 Å². The number of carbonyl (C=O) groups is 4. The van der Waals surface area contributed by atoms with E-state index in [2.05, 4.69) is 16.0 Å². The molecule has 31 heavy (non-hydrogen) atoms. The number of alkyl halides is 1. The van der Waals surface area contributed by atoms with E-state index in [0.29, 0.717) is 19.3 Å². The maximum Gasteiger partial charge on any atom is 0.405 e. The lowest BCUT2D eigenvalue weighted by Gasteiger charge is -2.35. The number of ketones is 1. The van der Waals surface area contributed by atoms with Crippen LogP contribution in [-0.4, -0.2) is 77.5 Å². The number of carbonyl (C=O) groups excluding carboxylic acids is 3. The van der Waals surface area contributed by atoms with E-state index in [1.807, 2.05) is 0 Å². The normalized spacial score (nSPS) is 18.1. The first-order valence-corrected chi connectivity index (χ1v) is 10.1. The van der Waals surface area contributed by atoms with Crippen LogP contribution in [0, 0.1) is 10.8 Å². The summed E-state index contributed by atoms with van der Waals surface area (Å²) < 4.78 is 13.0. The highest BCUT2D eigenvalue weighted by molar-refractivity contribution is 5.95. The zero-order chi connectivity index (χ0) is 23.8. The third-order valence-corrected chi connectivity index (χ3v) is 5.04. The van der Waals surface area contributed by atoms with E-state index in [1.54, 1.807) is 20.8 Å². The molecule has 12 heteroatoms. The Bertz CT molecular complexity index is 696. The van der Waals surface area contributed by atoms with Crippen LogP contribution in [0.25, 0.3) is 0 Å². The van der Waals surface area contributed by atoms with Gasteiger partial charge in [-0.1, -0.05) is 20.8 Å². The molecule has 3 amide bonds. The molecule has 0 unspecified atom stereocenters. The Morgan fingerprint density at radius 1 is 1.26 bits per heavy atom. The summed E-state index contributed by atoms with van der Waals surface area (Å²) in [6.45, 7) is 4.44. The summed E-state index contributed by atoms with van der Waals surface area (Å²) in [5.74, 6) is -2.13. The second-order valence-electron chi connectivity index (χ2n) is 8.58. The fraction of sp³-hybridized carbons (Fsp3) is 0.737. The van der Waals surface area contributed by atoms with Crippen molar-refractivity contribution in [3.05, 3.63) is 0 Å². The van der Waals surface area contributed by atoms with Crippen molar-refractivity contribution in [2.45, 2.75) is 64.6 Å². The van der Waals surface area contributed by atoms with E-state index < -0.39 is 53.9 Å². The van der Waals surface area contributed by atoms with Crippen LogP contribution in [0.2, 0.25) is 0 Å². The molecule has 0 aromatic rings. The van der Waals surface area contributed by atoms with Gasteiger partial charge in [-0.15, -0.1) is 0 Å². The number of nitrogens with one attached hydrogen (secondary N) is 4. The fourth-order valence-corrected chi connectivity index (χ4v) is 3.44. The van der Waals surface area contributed by atoms with Gasteiger partial charge in [-0.05, 0) is 31.1 Å². The standard InChI is InChI=1S/C19H33FN6O5/c1-19(2,3)14(25-18(30)31)16(29)26-9-5-7-12(26)15(28)24-11(13(27)10-20)6-4-8-23-17(21)22/h11-12,14,25H,4-10H2,1-3H3,(H,24,28)(H,30,31)(H4,21,22,23)/t11-,12-,14+/m0/s1. The summed E-state index contributed by atoms with van der Waals surface area (Å²) >= 11 is 0. The molecule has 3 atom stereocenters. The van der Waals surface area contributed by atoms with E-state index >= 15 is 0 Å². The molecule has 11 nitrogen and oxygen atoms in total. The van der Waals surface area contributed by atoms with Crippen molar-refractivity contribution in [2.24, 2.45) is 11.1 Å². The fourth-order valence-electron chi connectivity index (χ4n) is 3.44. The number of rotatable bonds is 10. The summed E-state index contributed by atoms with van der Waals surface area (Å²) in [4.78, 5) is 50.3. The average molecular weight is 445 g/mol. The predicted molar refractivity (Wildman–Crippen MR) is 111 cm³/mol. The Labute approximate surface area is 180 Å². The first-order valence-electron chi connectivity index (χ1n) is 10.1. The molecule has 1 fully saturated rings. The molecule has 1 aliphatic rings. The van der Waals surface area contributed by atoms with Crippen molar-refractivity contribution in [1.82, 2.24) is 20.9 Å². The van der Waals surface area contributed by atoms with Crippen LogP contribution in [0.15, 0.2) is 0 Å². The molecule has 0 aromatic carbocycles. The Balaban J connectivity index is 2.88. The number of Topliss-reactive ketones (excluding diaryl/α,β-unsaturated/α-hetero) is 1. The molecule has 0 spiro atoms. The first kappa shape index (κ1) is 26.1. The van der Waals surface area contributed by atoms with Gasteiger partial charge in [-0.3, -0.25) is 19.8 Å². The molecule has 1 rings (SSSR count). The Morgan fingerprint density at radius 3 is 2.42 bits per heavy atom. The topological polar surface area (TPSA) is 178 Å². The molecule has 0 saturated carbocycles. The molecular formula is C19H33FN6O5. The molecule has 1 heterocycles. The number of guanidine groups is 1. The molecule has 1 aliphatic heterocycles. The number of hydrogen-bond donors (Lipinski definition) is 6. The van der Waals surface area contributed by atoms with Crippen molar-refractivity contribution in [3.8, 4) is 0 Å². The van der Waals surface area contributed by atoms with Gasteiger partial charge < -0.3 is 31.7 Å². The molecule has 0 radical (unpaired) electrons. The summed E-state index contributed by atoms with van der Waals surface area (Å²) in [6, 6.07) is -3.00. The second kappa shape index (κ2) is 11.5. The van der Waals surface area contributed by atoms with Gasteiger partial charge in [0.2, 0.25) is 11.8 Å². The summed E-state index contributed by atoms with van der Waals surface area (Å²) in [5, 5.41) is 23.5. The Hall–Kier alpha value is -2.92. The maximum absolute atomic E-state index is 13.0. The lowest BCUT2D eigenvalue weighted by molar-refractivity contribution is -0.142. The smallest absolute Gasteiger partial charge is 0.405 e. The highest BCUT2D eigenvalue weighted by Crippen LogP contribution is 2.26. The number of nitrogens with zero attached hydrogens (tertiary/aromatic N) is 1. The molecule has 0 aromatic heterocycles. The minimum absolute atomic E-state index is 0.140. The van der Waals surface area contributed by atoms with Gasteiger partial charge in [0.05, 0.1) is 6.04 Å². The largest absolute Gasteiger partial charge is 0.465 e. The number of hydrogen-bond acceptors (Lipinski definition) is 5. The van der Waals surface area contributed by atoms with E-state index in [1.165, 1.54) is 4.90 Å². The maximum atomic E-state index is 13.0. The number of nitrogens with two attached hydrogens (primary N) is 1. The predicted octanol–water partition coefficient (Wildman–Crippen LogP) is -0.0536. The van der Waals surface area contributed by atoms with E-state index in [-0.39, 0.29) is 25.5 Å². The average Bonchev–Trinajstić information content (AvgIpc) is 3.16. The molecule has 7 N–H and O–H groups in total. The number of halogens is 1. The van der Waals surface area contributed by atoms with E-state index in [0.717, 1.165) is 0 Å². The van der Waals surface area contributed by atoms with Crippen LogP contribution in [0.4, 0.5) is 9.18 Å². The van der Waals surface area contributed by atoms with Gasteiger partial charge in [-0.2, -0.15) is 0 Å². The van der Waals surface area contributed by atoms with Gasteiger partial charge >= 0.3 is 6.09 Å². The van der Waals surface area contributed by atoms with Gasteiger partial charge in [0.15, 0.2) is 11.7 Å². The lowest BCUT2D eigenvalue weighted by Crippen LogP contribution is -2.58. The van der Waals surface area contributed by atoms with Crippen molar-refractivity contribution >= 4 is 29.7 Å².